The van der Waals surface area contributed by atoms with Crippen molar-refractivity contribution >= 4 is 0 Å². The molecule has 0 aromatic heterocycles. The van der Waals surface area contributed by atoms with Crippen molar-refractivity contribution in [2.45, 2.75) is 26.3 Å². The maximum Gasteiger partial charge on any atom is 0.118 e. The molecule has 17 heavy (non-hydrogen) atoms. The van der Waals surface area contributed by atoms with Crippen LogP contribution in [0.3, 0.4) is 0 Å². The lowest BCUT2D eigenvalue weighted by atomic mass is 9.85. The third-order valence-corrected chi connectivity index (χ3v) is 4.01. The maximum atomic E-state index is 5.22. The SMILES string of the molecule is COc1ccc([C@@H]2[C@@H](C(C)C)CCN2C)cc1. The molecule has 1 saturated heterocycles. The van der Waals surface area contributed by atoms with Crippen molar-refractivity contribution in [1.82, 2.24) is 4.90 Å². The molecule has 2 atom stereocenters. The van der Waals surface area contributed by atoms with Crippen LogP contribution >= 0.6 is 0 Å². The monoisotopic (exact) mass is 233 g/mol. The molecule has 1 fully saturated rings. The van der Waals surface area contributed by atoms with Crippen molar-refractivity contribution in [2.75, 3.05) is 20.7 Å². The van der Waals surface area contributed by atoms with Gasteiger partial charge in [0.05, 0.1) is 7.11 Å². The molecular weight excluding hydrogens is 210 g/mol. The van der Waals surface area contributed by atoms with Gasteiger partial charge >= 0.3 is 0 Å². The lowest BCUT2D eigenvalue weighted by Crippen LogP contribution is -2.23. The van der Waals surface area contributed by atoms with Gasteiger partial charge in [0.1, 0.15) is 5.75 Å². The highest BCUT2D eigenvalue weighted by atomic mass is 16.5. The Morgan fingerprint density at radius 1 is 1.24 bits per heavy atom. The number of ether oxygens (including phenoxy) is 1. The van der Waals surface area contributed by atoms with Crippen molar-refractivity contribution in [3.8, 4) is 5.75 Å². The first-order chi connectivity index (χ1) is 8.13. The average molecular weight is 233 g/mol. The van der Waals surface area contributed by atoms with Gasteiger partial charge in [-0.3, -0.25) is 4.90 Å². The van der Waals surface area contributed by atoms with Crippen LogP contribution in [0, 0.1) is 11.8 Å². The molecule has 1 aromatic carbocycles. The van der Waals surface area contributed by atoms with E-state index in [9.17, 15) is 0 Å². The summed E-state index contributed by atoms with van der Waals surface area (Å²) in [4.78, 5) is 2.48. The Morgan fingerprint density at radius 3 is 2.41 bits per heavy atom. The Hall–Kier alpha value is -1.02. The van der Waals surface area contributed by atoms with E-state index < -0.39 is 0 Å². The van der Waals surface area contributed by atoms with E-state index in [4.69, 9.17) is 4.74 Å². The normalized spacial score (nSPS) is 25.5. The minimum atomic E-state index is 0.570. The lowest BCUT2D eigenvalue weighted by Gasteiger charge is -2.28. The van der Waals surface area contributed by atoms with E-state index in [0.29, 0.717) is 6.04 Å². The van der Waals surface area contributed by atoms with Crippen molar-refractivity contribution in [3.63, 3.8) is 0 Å². The molecule has 0 unspecified atom stereocenters. The smallest absolute Gasteiger partial charge is 0.118 e. The van der Waals surface area contributed by atoms with Gasteiger partial charge < -0.3 is 4.74 Å². The number of methoxy groups -OCH3 is 1. The standard InChI is InChI=1S/C15H23NO/c1-11(2)14-9-10-16(3)15(14)12-5-7-13(17-4)8-6-12/h5-8,11,14-15H,9-10H2,1-4H3/t14-,15-/m1/s1. The van der Waals surface area contributed by atoms with Gasteiger partial charge in [-0.15, -0.1) is 0 Å². The van der Waals surface area contributed by atoms with Crippen molar-refractivity contribution in [3.05, 3.63) is 29.8 Å². The summed E-state index contributed by atoms with van der Waals surface area (Å²) in [5.74, 6) is 2.45. The predicted octanol–water partition coefficient (Wildman–Crippen LogP) is 3.34. The largest absolute Gasteiger partial charge is 0.497 e. The summed E-state index contributed by atoms with van der Waals surface area (Å²) in [5, 5.41) is 0. The second-order valence-electron chi connectivity index (χ2n) is 5.40. The van der Waals surface area contributed by atoms with Gasteiger partial charge in [-0.1, -0.05) is 26.0 Å². The van der Waals surface area contributed by atoms with Crippen LogP contribution in [0.1, 0.15) is 31.9 Å². The Kier molecular flexibility index (Phi) is 3.72. The summed E-state index contributed by atoms with van der Waals surface area (Å²) in [7, 11) is 3.95. The zero-order valence-corrected chi connectivity index (χ0v) is 11.3. The summed E-state index contributed by atoms with van der Waals surface area (Å²) in [6, 6.07) is 9.13. The number of hydrogen-bond donors (Lipinski definition) is 0. The van der Waals surface area contributed by atoms with E-state index >= 15 is 0 Å². The molecule has 1 aromatic rings. The van der Waals surface area contributed by atoms with Crippen molar-refractivity contribution < 1.29 is 4.74 Å². The van der Waals surface area contributed by atoms with Gasteiger partial charge in [0.2, 0.25) is 0 Å². The third kappa shape index (κ3) is 2.47. The highest BCUT2D eigenvalue weighted by molar-refractivity contribution is 5.30. The van der Waals surface area contributed by atoms with Crippen LogP contribution in [-0.2, 0) is 0 Å². The van der Waals surface area contributed by atoms with E-state index in [1.54, 1.807) is 7.11 Å². The molecule has 0 saturated carbocycles. The zero-order chi connectivity index (χ0) is 12.4. The summed E-state index contributed by atoms with van der Waals surface area (Å²) in [5.41, 5.74) is 1.42. The molecule has 0 amide bonds. The van der Waals surface area contributed by atoms with Crippen LogP contribution < -0.4 is 4.74 Å². The number of benzene rings is 1. The van der Waals surface area contributed by atoms with Gasteiger partial charge in [-0.05, 0) is 49.5 Å². The first-order valence-electron chi connectivity index (χ1n) is 6.47. The third-order valence-electron chi connectivity index (χ3n) is 4.01. The molecular formula is C15H23NO. The molecule has 0 aliphatic carbocycles. The fourth-order valence-electron chi connectivity index (χ4n) is 2.98. The Morgan fingerprint density at radius 2 is 1.88 bits per heavy atom. The topological polar surface area (TPSA) is 12.5 Å². The van der Waals surface area contributed by atoms with Crippen LogP contribution in [0.15, 0.2) is 24.3 Å². The summed E-state index contributed by atoms with van der Waals surface area (Å²) in [6.07, 6.45) is 1.31. The van der Waals surface area contributed by atoms with Crippen LogP contribution in [0.4, 0.5) is 0 Å². The summed E-state index contributed by atoms with van der Waals surface area (Å²) < 4.78 is 5.22. The highest BCUT2D eigenvalue weighted by Gasteiger charge is 2.34. The zero-order valence-electron chi connectivity index (χ0n) is 11.3. The number of hydrogen-bond acceptors (Lipinski definition) is 2. The first-order valence-corrected chi connectivity index (χ1v) is 6.47. The Balaban J connectivity index is 2.23. The van der Waals surface area contributed by atoms with E-state index in [1.165, 1.54) is 18.5 Å². The van der Waals surface area contributed by atoms with Gasteiger partial charge in [0, 0.05) is 6.04 Å². The molecule has 2 heteroatoms. The first kappa shape index (κ1) is 12.4. The van der Waals surface area contributed by atoms with Gasteiger partial charge in [0.25, 0.3) is 0 Å². The molecule has 1 aliphatic heterocycles. The predicted molar refractivity (Wildman–Crippen MR) is 71.3 cm³/mol. The Labute approximate surface area is 105 Å². The summed E-state index contributed by atoms with van der Waals surface area (Å²) in [6.45, 7) is 5.88. The van der Waals surface area contributed by atoms with Gasteiger partial charge in [-0.2, -0.15) is 0 Å². The molecule has 1 heterocycles. The molecule has 0 radical (unpaired) electrons. The minimum Gasteiger partial charge on any atom is -0.497 e. The highest BCUT2D eigenvalue weighted by Crippen LogP contribution is 2.40. The minimum absolute atomic E-state index is 0.570. The molecule has 0 spiro atoms. The van der Waals surface area contributed by atoms with Crippen LogP contribution in [0.25, 0.3) is 0 Å². The molecule has 2 nitrogen and oxygen atoms in total. The molecule has 0 N–H and O–H groups in total. The fourth-order valence-corrected chi connectivity index (χ4v) is 2.98. The van der Waals surface area contributed by atoms with Crippen LogP contribution in [0.5, 0.6) is 5.75 Å². The number of rotatable bonds is 3. The van der Waals surface area contributed by atoms with Crippen molar-refractivity contribution in [1.29, 1.82) is 0 Å². The van der Waals surface area contributed by atoms with Gasteiger partial charge in [0.15, 0.2) is 0 Å². The van der Waals surface area contributed by atoms with E-state index in [-0.39, 0.29) is 0 Å². The van der Waals surface area contributed by atoms with Crippen LogP contribution in [0.2, 0.25) is 0 Å². The molecule has 94 valence electrons. The maximum absolute atomic E-state index is 5.22. The second kappa shape index (κ2) is 5.09. The lowest BCUT2D eigenvalue weighted by molar-refractivity contribution is 0.240. The molecule has 0 bridgehead atoms. The van der Waals surface area contributed by atoms with E-state index in [0.717, 1.165) is 17.6 Å². The molecule has 2 rings (SSSR count). The summed E-state index contributed by atoms with van der Waals surface area (Å²) >= 11 is 0. The second-order valence-corrected chi connectivity index (χ2v) is 5.40. The average Bonchev–Trinajstić information content (AvgIpc) is 2.71. The van der Waals surface area contributed by atoms with E-state index in [2.05, 4.69) is 50.1 Å². The quantitative estimate of drug-likeness (QED) is 0.794. The molecule has 1 aliphatic rings. The Bertz CT molecular complexity index is 358. The fraction of sp³-hybridized carbons (Fsp3) is 0.600. The van der Waals surface area contributed by atoms with Crippen molar-refractivity contribution in [2.24, 2.45) is 11.8 Å². The van der Waals surface area contributed by atoms with Crippen LogP contribution in [-0.4, -0.2) is 25.6 Å². The number of nitrogens with zero attached hydrogens (tertiary/aromatic N) is 1. The van der Waals surface area contributed by atoms with E-state index in [1.807, 2.05) is 0 Å². The number of likely N-dealkylation sites (tertiary alicyclic amines) is 1. The van der Waals surface area contributed by atoms with Gasteiger partial charge in [-0.25, -0.2) is 0 Å².